The zero-order valence-corrected chi connectivity index (χ0v) is 24.5. The van der Waals surface area contributed by atoms with Gasteiger partial charge >= 0.3 is 12.4 Å². The third-order valence-corrected chi connectivity index (χ3v) is 9.94. The molecule has 1 aliphatic carbocycles. The molecule has 0 bridgehead atoms. The summed E-state index contributed by atoms with van der Waals surface area (Å²) in [6, 6.07) is 8.44. The van der Waals surface area contributed by atoms with Gasteiger partial charge in [-0.2, -0.15) is 4.98 Å². The maximum absolute atomic E-state index is 13.2. The van der Waals surface area contributed by atoms with Gasteiger partial charge in [0.1, 0.15) is 5.75 Å². The number of fused-ring (bicyclic) bond motifs is 1. The van der Waals surface area contributed by atoms with Crippen LogP contribution < -0.4 is 15.4 Å². The number of carbonyl (C=O) groups excluding carboxylic acids is 2. The number of urea groups is 1. The highest BCUT2D eigenvalue weighted by molar-refractivity contribution is 7.91. The third kappa shape index (κ3) is 6.66. The molecule has 44 heavy (non-hydrogen) atoms. The van der Waals surface area contributed by atoms with E-state index in [1.807, 2.05) is 0 Å². The second kappa shape index (κ2) is 11.4. The van der Waals surface area contributed by atoms with Gasteiger partial charge in [0.15, 0.2) is 15.7 Å². The molecule has 3 aliphatic rings. The Morgan fingerprint density at radius 3 is 2.70 bits per heavy atom. The summed E-state index contributed by atoms with van der Waals surface area (Å²) in [6.45, 7) is 2.36. The lowest BCUT2D eigenvalue weighted by Crippen LogP contribution is -2.47. The number of rotatable bonds is 7. The van der Waals surface area contributed by atoms with Crippen LogP contribution in [0.4, 0.5) is 18.0 Å². The zero-order valence-electron chi connectivity index (χ0n) is 23.7. The first kappa shape index (κ1) is 29.9. The van der Waals surface area contributed by atoms with Crippen LogP contribution in [0.1, 0.15) is 47.2 Å². The Morgan fingerprint density at radius 1 is 1.18 bits per heavy atom. The van der Waals surface area contributed by atoms with Crippen LogP contribution in [-0.2, 0) is 34.1 Å². The molecule has 1 unspecified atom stereocenters. The van der Waals surface area contributed by atoms with Gasteiger partial charge in [-0.1, -0.05) is 29.4 Å². The van der Waals surface area contributed by atoms with Gasteiger partial charge in [0.25, 0.3) is 0 Å². The molecule has 6 rings (SSSR count). The Bertz CT molecular complexity index is 1710. The maximum Gasteiger partial charge on any atom is 0.573 e. The fourth-order valence-corrected chi connectivity index (χ4v) is 7.59. The Balaban J connectivity index is 1.23. The highest BCUT2D eigenvalue weighted by atomic mass is 32.2. The SMILES string of the molecule is Cc1noc([C@@H]2C[C@@H]2C(=O)NCc2ccc(-c3cccc(OC(F)(F)F)c3)c3c2CN(C(=O)NC2CCS(=O)(=O)C2)CC3)n1. The molecule has 2 aromatic carbocycles. The minimum Gasteiger partial charge on any atom is -0.406 e. The van der Waals surface area contributed by atoms with Gasteiger partial charge in [-0.3, -0.25) is 4.79 Å². The number of nitrogens with one attached hydrogen (secondary N) is 2. The molecule has 3 atom stereocenters. The van der Waals surface area contributed by atoms with E-state index in [-0.39, 0.29) is 48.1 Å². The smallest absolute Gasteiger partial charge is 0.406 e. The van der Waals surface area contributed by atoms with E-state index in [0.717, 1.165) is 16.7 Å². The monoisotopic (exact) mass is 633 g/mol. The Labute approximate surface area is 251 Å². The van der Waals surface area contributed by atoms with Crippen molar-refractivity contribution in [2.45, 2.75) is 57.6 Å². The average molecular weight is 634 g/mol. The maximum atomic E-state index is 13.2. The largest absolute Gasteiger partial charge is 0.573 e. The summed E-state index contributed by atoms with van der Waals surface area (Å²) in [4.78, 5) is 31.9. The molecule has 234 valence electrons. The predicted octanol–water partition coefficient (Wildman–Crippen LogP) is 3.62. The van der Waals surface area contributed by atoms with Crippen molar-refractivity contribution in [1.29, 1.82) is 0 Å². The van der Waals surface area contributed by atoms with Crippen LogP contribution in [0.2, 0.25) is 0 Å². The molecule has 2 aliphatic heterocycles. The van der Waals surface area contributed by atoms with Gasteiger partial charge in [-0.25, -0.2) is 13.2 Å². The molecule has 0 spiro atoms. The van der Waals surface area contributed by atoms with E-state index in [0.29, 0.717) is 48.6 Å². The summed E-state index contributed by atoms with van der Waals surface area (Å²) in [5.74, 6) is -0.115. The number of nitrogens with zero attached hydrogens (tertiary/aromatic N) is 3. The molecule has 2 fully saturated rings. The van der Waals surface area contributed by atoms with Crippen LogP contribution in [0, 0.1) is 12.8 Å². The molecular formula is C29H30F3N5O6S. The quantitative estimate of drug-likeness (QED) is 0.402. The Hall–Kier alpha value is -4.14. The van der Waals surface area contributed by atoms with Crippen LogP contribution in [0.5, 0.6) is 5.75 Å². The standard InChI is InChI=1S/C29H30F3N5O6S/c1-16-34-27(43-36-16)24-12-23(24)26(38)33-13-18-5-6-21(17-3-2-4-20(11-17)42-29(30,31)32)22-7-9-37(14-25(18)22)28(39)35-19-8-10-44(40,41)15-19/h2-6,11,19,23-24H,7-10,12-15H2,1H3,(H,33,38)(H,35,39)/t19?,23-,24+/m0/s1. The molecule has 3 aromatic rings. The van der Waals surface area contributed by atoms with Crippen molar-refractivity contribution < 1.29 is 40.4 Å². The van der Waals surface area contributed by atoms with Gasteiger partial charge in [0.05, 0.1) is 23.3 Å². The fraction of sp³-hybridized carbons (Fsp3) is 0.448. The highest BCUT2D eigenvalue weighted by Crippen LogP contribution is 2.47. The van der Waals surface area contributed by atoms with Crippen molar-refractivity contribution in [2.24, 2.45) is 5.92 Å². The highest BCUT2D eigenvalue weighted by Gasteiger charge is 2.47. The van der Waals surface area contributed by atoms with Crippen molar-refractivity contribution in [2.75, 3.05) is 18.1 Å². The molecule has 0 radical (unpaired) electrons. The Kier molecular flexibility index (Phi) is 7.76. The summed E-state index contributed by atoms with van der Waals surface area (Å²) in [6.07, 6.45) is -3.50. The summed E-state index contributed by atoms with van der Waals surface area (Å²) in [5.41, 5.74) is 3.58. The summed E-state index contributed by atoms with van der Waals surface area (Å²) < 4.78 is 71.8. The van der Waals surface area contributed by atoms with Gasteiger partial charge in [0, 0.05) is 25.7 Å². The molecule has 11 nitrogen and oxygen atoms in total. The molecule has 2 N–H and O–H groups in total. The second-order valence-corrected chi connectivity index (χ2v) is 13.6. The summed E-state index contributed by atoms with van der Waals surface area (Å²) in [5, 5.41) is 9.57. The molecule has 1 saturated heterocycles. The molecule has 3 heterocycles. The van der Waals surface area contributed by atoms with Gasteiger partial charge < -0.3 is 24.8 Å². The zero-order chi connectivity index (χ0) is 31.2. The lowest BCUT2D eigenvalue weighted by atomic mass is 9.87. The van der Waals surface area contributed by atoms with Crippen molar-refractivity contribution in [1.82, 2.24) is 25.7 Å². The number of aryl methyl sites for hydroxylation is 1. The summed E-state index contributed by atoms with van der Waals surface area (Å²) in [7, 11) is -3.18. The number of sulfone groups is 1. The molecule has 1 aromatic heterocycles. The van der Waals surface area contributed by atoms with Crippen LogP contribution in [0.25, 0.3) is 11.1 Å². The van der Waals surface area contributed by atoms with Gasteiger partial charge in [0.2, 0.25) is 11.8 Å². The lowest BCUT2D eigenvalue weighted by molar-refractivity contribution is -0.274. The predicted molar refractivity (Wildman–Crippen MR) is 150 cm³/mol. The van der Waals surface area contributed by atoms with E-state index in [4.69, 9.17) is 4.52 Å². The summed E-state index contributed by atoms with van der Waals surface area (Å²) >= 11 is 0. The number of carbonyl (C=O) groups is 2. The van der Waals surface area contributed by atoms with Gasteiger partial charge in [-0.15, -0.1) is 13.2 Å². The number of benzene rings is 2. The fourth-order valence-electron chi connectivity index (χ4n) is 5.92. The van der Waals surface area contributed by atoms with E-state index in [9.17, 15) is 31.2 Å². The number of hydrogen-bond donors (Lipinski definition) is 2. The number of halogens is 3. The topological polar surface area (TPSA) is 144 Å². The molecule has 15 heteroatoms. The third-order valence-electron chi connectivity index (χ3n) is 8.18. The number of hydrogen-bond acceptors (Lipinski definition) is 8. The first-order chi connectivity index (χ1) is 20.8. The molecule has 1 saturated carbocycles. The van der Waals surface area contributed by atoms with E-state index < -0.39 is 28.3 Å². The van der Waals surface area contributed by atoms with E-state index >= 15 is 0 Å². The minimum absolute atomic E-state index is 0.0268. The normalized spacial score (nSPS) is 22.3. The van der Waals surface area contributed by atoms with Crippen molar-refractivity contribution >= 4 is 21.8 Å². The van der Waals surface area contributed by atoms with Crippen molar-refractivity contribution in [3.05, 3.63) is 64.8 Å². The van der Waals surface area contributed by atoms with E-state index in [2.05, 4.69) is 25.5 Å². The molecular weight excluding hydrogens is 603 g/mol. The van der Waals surface area contributed by atoms with E-state index in [1.165, 1.54) is 18.2 Å². The van der Waals surface area contributed by atoms with Crippen molar-refractivity contribution in [3.63, 3.8) is 0 Å². The second-order valence-electron chi connectivity index (χ2n) is 11.4. The van der Waals surface area contributed by atoms with Gasteiger partial charge in [-0.05, 0) is 66.1 Å². The van der Waals surface area contributed by atoms with Crippen LogP contribution in [0.3, 0.4) is 0 Å². The van der Waals surface area contributed by atoms with Crippen LogP contribution in [-0.4, -0.2) is 65.9 Å². The molecule has 3 amide bonds. The Morgan fingerprint density at radius 2 is 2.00 bits per heavy atom. The lowest BCUT2D eigenvalue weighted by Gasteiger charge is -2.33. The minimum atomic E-state index is -4.84. The number of aromatic nitrogens is 2. The number of amides is 3. The first-order valence-electron chi connectivity index (χ1n) is 14.2. The number of ether oxygens (including phenoxy) is 1. The van der Waals surface area contributed by atoms with Crippen LogP contribution in [0.15, 0.2) is 40.9 Å². The van der Waals surface area contributed by atoms with Crippen LogP contribution >= 0.6 is 0 Å². The first-order valence-corrected chi connectivity index (χ1v) is 16.0. The average Bonchev–Trinajstić information content (AvgIpc) is 3.53. The number of alkyl halides is 3. The van der Waals surface area contributed by atoms with E-state index in [1.54, 1.807) is 30.0 Å². The van der Waals surface area contributed by atoms with Crippen molar-refractivity contribution in [3.8, 4) is 16.9 Å².